The number of carbonyl (C=O) groups is 1. The second kappa shape index (κ2) is 12.0. The van der Waals surface area contributed by atoms with E-state index in [2.05, 4.69) is 6.92 Å². The van der Waals surface area contributed by atoms with Gasteiger partial charge in [-0.25, -0.2) is 4.79 Å². The van der Waals surface area contributed by atoms with Crippen molar-refractivity contribution in [2.45, 2.75) is 72.1 Å². The number of unbranched alkanes of at least 4 members (excludes halogenated alkanes) is 7. The zero-order chi connectivity index (χ0) is 16.9. The third-order valence-corrected chi connectivity index (χ3v) is 3.89. The molecule has 0 N–H and O–H groups in total. The van der Waals surface area contributed by atoms with E-state index in [1.54, 1.807) is 6.07 Å². The molecule has 130 valence electrons. The molecule has 0 aromatic heterocycles. The van der Waals surface area contributed by atoms with Crippen molar-refractivity contribution in [3.05, 3.63) is 29.3 Å². The molecule has 0 bridgehead atoms. The van der Waals surface area contributed by atoms with Crippen LogP contribution in [-0.2, 0) is 4.74 Å². The fourth-order valence-electron chi connectivity index (χ4n) is 2.54. The molecular formula is C20H32O3. The summed E-state index contributed by atoms with van der Waals surface area (Å²) < 4.78 is 10.9. The topological polar surface area (TPSA) is 35.5 Å². The number of aryl methyl sites for hydroxylation is 1. The van der Waals surface area contributed by atoms with Crippen LogP contribution in [0.25, 0.3) is 0 Å². The van der Waals surface area contributed by atoms with Gasteiger partial charge in [-0.2, -0.15) is 0 Å². The molecule has 0 aliphatic rings. The lowest BCUT2D eigenvalue weighted by atomic mass is 10.1. The van der Waals surface area contributed by atoms with Crippen LogP contribution < -0.4 is 4.74 Å². The number of carbonyl (C=O) groups excluding carboxylic acids is 1. The lowest BCUT2D eigenvalue weighted by molar-refractivity contribution is 0.0521. The number of hydrogen-bond acceptors (Lipinski definition) is 3. The molecule has 0 amide bonds. The number of ether oxygens (including phenoxy) is 2. The van der Waals surface area contributed by atoms with Crippen molar-refractivity contribution in [2.75, 3.05) is 13.2 Å². The average molecular weight is 320 g/mol. The second-order valence-corrected chi connectivity index (χ2v) is 6.04. The van der Waals surface area contributed by atoms with Crippen LogP contribution in [0, 0.1) is 6.92 Å². The highest BCUT2D eigenvalue weighted by Gasteiger charge is 2.13. The van der Waals surface area contributed by atoms with Gasteiger partial charge in [-0.05, 0) is 38.0 Å². The summed E-state index contributed by atoms with van der Waals surface area (Å²) in [5.41, 5.74) is 1.61. The number of esters is 1. The van der Waals surface area contributed by atoms with Crippen molar-refractivity contribution in [3.63, 3.8) is 0 Å². The Morgan fingerprint density at radius 2 is 1.61 bits per heavy atom. The minimum absolute atomic E-state index is 0.307. The van der Waals surface area contributed by atoms with Crippen molar-refractivity contribution in [1.82, 2.24) is 0 Å². The fraction of sp³-hybridized carbons (Fsp3) is 0.650. The Labute approximate surface area is 141 Å². The Hall–Kier alpha value is -1.51. The molecule has 0 radical (unpaired) electrons. The average Bonchev–Trinajstić information content (AvgIpc) is 2.53. The summed E-state index contributed by atoms with van der Waals surface area (Å²) in [6.45, 7) is 7.09. The highest BCUT2D eigenvalue weighted by molar-refractivity contribution is 5.92. The molecule has 0 atom stereocenters. The molecule has 0 unspecified atom stereocenters. The molecule has 0 spiro atoms. The van der Waals surface area contributed by atoms with E-state index < -0.39 is 0 Å². The smallest absolute Gasteiger partial charge is 0.341 e. The maximum atomic E-state index is 11.9. The Kier molecular flexibility index (Phi) is 10.2. The van der Waals surface area contributed by atoms with Gasteiger partial charge in [0.15, 0.2) is 0 Å². The van der Waals surface area contributed by atoms with E-state index in [-0.39, 0.29) is 5.97 Å². The van der Waals surface area contributed by atoms with Crippen LogP contribution in [0.5, 0.6) is 5.75 Å². The Morgan fingerprint density at radius 1 is 0.957 bits per heavy atom. The van der Waals surface area contributed by atoms with Crippen LogP contribution in [0.1, 0.15) is 81.1 Å². The number of hydrogen-bond donors (Lipinski definition) is 0. The Morgan fingerprint density at radius 3 is 2.26 bits per heavy atom. The molecule has 23 heavy (non-hydrogen) atoms. The van der Waals surface area contributed by atoms with E-state index in [9.17, 15) is 4.79 Å². The first kappa shape index (κ1) is 19.5. The van der Waals surface area contributed by atoms with Gasteiger partial charge in [0.05, 0.1) is 13.2 Å². The van der Waals surface area contributed by atoms with E-state index in [1.165, 1.54) is 44.9 Å². The first-order valence-electron chi connectivity index (χ1n) is 9.09. The van der Waals surface area contributed by atoms with Gasteiger partial charge in [0.25, 0.3) is 0 Å². The van der Waals surface area contributed by atoms with Crippen molar-refractivity contribution < 1.29 is 14.3 Å². The largest absolute Gasteiger partial charge is 0.493 e. The summed E-state index contributed by atoms with van der Waals surface area (Å²) in [6, 6.07) is 5.61. The van der Waals surface area contributed by atoms with Crippen LogP contribution in [0.4, 0.5) is 0 Å². The summed E-state index contributed by atoms with van der Waals surface area (Å²) in [5, 5.41) is 0. The van der Waals surface area contributed by atoms with Crippen LogP contribution >= 0.6 is 0 Å². The molecule has 0 saturated carbocycles. The highest BCUT2D eigenvalue weighted by Crippen LogP contribution is 2.22. The number of benzene rings is 1. The molecule has 0 aliphatic carbocycles. The summed E-state index contributed by atoms with van der Waals surface area (Å²) >= 11 is 0. The lowest BCUT2D eigenvalue weighted by Crippen LogP contribution is -2.08. The van der Waals surface area contributed by atoms with Gasteiger partial charge < -0.3 is 9.47 Å². The zero-order valence-electron chi connectivity index (χ0n) is 15.0. The first-order valence-corrected chi connectivity index (χ1v) is 9.09. The van der Waals surface area contributed by atoms with E-state index in [1.807, 2.05) is 26.0 Å². The SMILES string of the molecule is CCCCCCCCCCOc1cc(C)ccc1C(=O)OCC. The van der Waals surface area contributed by atoms with Crippen molar-refractivity contribution in [1.29, 1.82) is 0 Å². The van der Waals surface area contributed by atoms with E-state index in [0.717, 1.165) is 12.0 Å². The Bertz CT molecular complexity index is 454. The number of rotatable bonds is 12. The quantitative estimate of drug-likeness (QED) is 0.366. The van der Waals surface area contributed by atoms with Crippen molar-refractivity contribution in [2.24, 2.45) is 0 Å². The molecule has 1 aromatic rings. The van der Waals surface area contributed by atoms with Gasteiger partial charge in [0.1, 0.15) is 11.3 Å². The summed E-state index contributed by atoms with van der Waals surface area (Å²) in [4.78, 5) is 11.9. The first-order chi connectivity index (χ1) is 11.2. The molecule has 1 rings (SSSR count). The second-order valence-electron chi connectivity index (χ2n) is 6.04. The summed E-state index contributed by atoms with van der Waals surface area (Å²) in [6.07, 6.45) is 10.2. The van der Waals surface area contributed by atoms with E-state index >= 15 is 0 Å². The summed E-state index contributed by atoms with van der Waals surface area (Å²) in [5.74, 6) is 0.338. The molecule has 0 aliphatic heterocycles. The third kappa shape index (κ3) is 8.06. The minimum Gasteiger partial charge on any atom is -0.493 e. The molecule has 3 nitrogen and oxygen atoms in total. The Balaban J connectivity index is 2.31. The van der Waals surface area contributed by atoms with E-state index in [4.69, 9.17) is 9.47 Å². The van der Waals surface area contributed by atoms with Gasteiger partial charge in [0.2, 0.25) is 0 Å². The van der Waals surface area contributed by atoms with Gasteiger partial charge in [-0.3, -0.25) is 0 Å². The van der Waals surface area contributed by atoms with Gasteiger partial charge in [-0.15, -0.1) is 0 Å². The zero-order valence-corrected chi connectivity index (χ0v) is 15.0. The molecule has 3 heteroatoms. The monoisotopic (exact) mass is 320 g/mol. The van der Waals surface area contributed by atoms with Crippen LogP contribution in [0.15, 0.2) is 18.2 Å². The highest BCUT2D eigenvalue weighted by atomic mass is 16.5. The van der Waals surface area contributed by atoms with Gasteiger partial charge in [0, 0.05) is 0 Å². The maximum absolute atomic E-state index is 11.9. The minimum atomic E-state index is -0.307. The molecule has 0 fully saturated rings. The van der Waals surface area contributed by atoms with Crippen molar-refractivity contribution in [3.8, 4) is 5.75 Å². The predicted octanol–water partition coefficient (Wildman–Crippen LogP) is 5.69. The normalized spacial score (nSPS) is 10.6. The standard InChI is InChI=1S/C20H32O3/c1-4-6-7-8-9-10-11-12-15-23-19-16-17(3)13-14-18(19)20(21)22-5-2/h13-14,16H,4-12,15H2,1-3H3. The van der Waals surface area contributed by atoms with Crippen LogP contribution in [-0.4, -0.2) is 19.2 Å². The van der Waals surface area contributed by atoms with E-state index in [0.29, 0.717) is 24.5 Å². The van der Waals surface area contributed by atoms with Crippen molar-refractivity contribution >= 4 is 5.97 Å². The molecular weight excluding hydrogens is 288 g/mol. The maximum Gasteiger partial charge on any atom is 0.341 e. The van der Waals surface area contributed by atoms with Gasteiger partial charge >= 0.3 is 5.97 Å². The fourth-order valence-corrected chi connectivity index (χ4v) is 2.54. The molecule has 0 heterocycles. The lowest BCUT2D eigenvalue weighted by Gasteiger charge is -2.11. The van der Waals surface area contributed by atoms with Crippen LogP contribution in [0.3, 0.4) is 0 Å². The summed E-state index contributed by atoms with van der Waals surface area (Å²) in [7, 11) is 0. The van der Waals surface area contributed by atoms with Gasteiger partial charge in [-0.1, -0.05) is 57.9 Å². The predicted molar refractivity (Wildman–Crippen MR) is 95.2 cm³/mol. The molecule has 0 saturated heterocycles. The van der Waals surface area contributed by atoms with Crippen LogP contribution in [0.2, 0.25) is 0 Å². The molecule has 1 aromatic carbocycles. The third-order valence-electron chi connectivity index (χ3n) is 3.89.